The highest BCUT2D eigenvalue weighted by molar-refractivity contribution is 4.65. The Hall–Kier alpha value is 0. The molecule has 0 aromatic rings. The quantitative estimate of drug-likeness (QED) is 0.107. The van der Waals surface area contributed by atoms with Crippen LogP contribution in [0.15, 0.2) is 0 Å². The second kappa shape index (κ2) is 101. The minimum absolute atomic E-state index is 0. The first kappa shape index (κ1) is 153. The highest BCUT2D eigenvalue weighted by atomic mass is 14.2. The third kappa shape index (κ3) is 173. The zero-order chi connectivity index (χ0) is 64.4. The average molecular weight is 1280 g/mol. The second-order valence-corrected chi connectivity index (χ2v) is 30.5. The van der Waals surface area contributed by atoms with E-state index < -0.39 is 0 Å². The van der Waals surface area contributed by atoms with Crippen LogP contribution >= 0.6 is 0 Å². The van der Waals surface area contributed by atoms with Crippen LogP contribution in [0.3, 0.4) is 0 Å². The predicted octanol–water partition coefficient (Wildman–Crippen LogP) is 37.6. The summed E-state index contributed by atoms with van der Waals surface area (Å²) < 4.78 is 0. The van der Waals surface area contributed by atoms with Crippen LogP contribution in [-0.4, -0.2) is 0 Å². The fourth-order valence-corrected chi connectivity index (χ4v) is 5.67. The molecule has 5 atom stereocenters. The van der Waals surface area contributed by atoms with Crippen molar-refractivity contribution in [2.24, 2.45) is 86.3 Å². The summed E-state index contributed by atoms with van der Waals surface area (Å²) in [4.78, 5) is 0. The molecule has 4 unspecified atom stereocenters. The SMILES string of the molecule is C.C.C.C.C.C.C.C.C.C.C.CC(C)C(C)(C)C.CCC(C)(C)CC.CCC(C)(C)CC.CCC(C)C(C)C.CCC(C)C(C)C.CCC(CC)CC.CCCC(C)(C)C.CCCC(C)(C)C.CCCC(C)CC.CCCC(C)CC.CC[C@H](C)C(C)C. The summed E-state index contributed by atoms with van der Waals surface area (Å²) in [6.45, 7) is 95.2. The van der Waals surface area contributed by atoms with E-state index in [9.17, 15) is 0 Å². The predicted molar refractivity (Wildman–Crippen MR) is 452 cm³/mol. The van der Waals surface area contributed by atoms with E-state index in [2.05, 4.69) is 291 Å². The minimum atomic E-state index is 0. The first-order valence-corrected chi connectivity index (χ1v) is 34.8. The van der Waals surface area contributed by atoms with E-state index in [0.29, 0.717) is 27.1 Å². The molecule has 0 nitrogen and oxygen atoms in total. The Bertz CT molecular complexity index is 857. The Morgan fingerprint density at radius 3 is 0.420 bits per heavy atom. The van der Waals surface area contributed by atoms with Crippen LogP contribution in [-0.2, 0) is 0 Å². The normalized spacial score (nSPS) is 11.5. The van der Waals surface area contributed by atoms with Crippen molar-refractivity contribution in [1.29, 1.82) is 0 Å². The average Bonchev–Trinajstić information content (AvgIpc) is 3.34. The van der Waals surface area contributed by atoms with E-state index in [1.807, 2.05) is 0 Å². The molecule has 0 spiro atoms. The molecular formula is C88H220. The Morgan fingerprint density at radius 2 is 0.409 bits per heavy atom. The van der Waals surface area contributed by atoms with Crippen LogP contribution in [0.25, 0.3) is 0 Å². The molecule has 0 bridgehead atoms. The molecule has 0 aromatic heterocycles. The molecule has 0 heteroatoms. The van der Waals surface area contributed by atoms with Gasteiger partial charge in [0.05, 0.1) is 0 Å². The largest absolute Gasteiger partial charge is 0.0776 e. The topological polar surface area (TPSA) is 0 Å². The molecule has 572 valence electrons. The first-order valence-electron chi connectivity index (χ1n) is 34.8. The van der Waals surface area contributed by atoms with Crippen LogP contribution in [0, 0.1) is 86.3 Å². The van der Waals surface area contributed by atoms with Gasteiger partial charge in [-0.2, -0.15) is 0 Å². The highest BCUT2D eigenvalue weighted by Crippen LogP contribution is 2.25. The van der Waals surface area contributed by atoms with Gasteiger partial charge in [-0.05, 0) is 99.1 Å². The van der Waals surface area contributed by atoms with Gasteiger partial charge in [0.2, 0.25) is 0 Å². The van der Waals surface area contributed by atoms with E-state index in [4.69, 9.17) is 0 Å². The summed E-state index contributed by atoms with van der Waals surface area (Å²) in [6, 6.07) is 0. The number of rotatable bonds is 21. The standard InChI is InChI=1S/11C7H16.11CH4/c1-6(2)7(3,4)5;2*1-5-6-7(2,3)4;2*1-5-7(3,4)6-2;3*1-5-7(4)6(2)3;2*1-4-6-7(3)5-2;1-4-7(5-2)6-3;;;;;;;;;;;/h6H,1-5H3;4*5-6H2,1-4H3;3*6-7H,5H2,1-4H3;3*7H,4-6H2,1-3H3;11*1H4/t;;;;;7-;;;;;;;;;;;;;;;;/m.....0................/s1. The summed E-state index contributed by atoms with van der Waals surface area (Å²) in [5.41, 5.74) is 2.77. The van der Waals surface area contributed by atoms with E-state index in [1.54, 1.807) is 0 Å². The molecule has 0 rings (SSSR count). The highest BCUT2D eigenvalue weighted by Gasteiger charge is 2.14. The summed E-state index contributed by atoms with van der Waals surface area (Å²) >= 11 is 0. The lowest BCUT2D eigenvalue weighted by Crippen LogP contribution is -2.12. The van der Waals surface area contributed by atoms with Gasteiger partial charge >= 0.3 is 0 Å². The molecular weight excluding hydrogens is 1060 g/mol. The zero-order valence-electron chi connectivity index (χ0n) is 64.4. The third-order valence-corrected chi connectivity index (χ3v) is 17.6. The van der Waals surface area contributed by atoms with Crippen molar-refractivity contribution in [3.05, 3.63) is 0 Å². The monoisotopic (exact) mass is 1280 g/mol. The Morgan fingerprint density at radius 1 is 0.239 bits per heavy atom. The van der Waals surface area contributed by atoms with Gasteiger partial charge < -0.3 is 0 Å². The summed E-state index contributed by atoms with van der Waals surface area (Å²) in [7, 11) is 0. The smallest absolute Gasteiger partial charge is 0.0359 e. The van der Waals surface area contributed by atoms with Crippen molar-refractivity contribution in [2.75, 3.05) is 0 Å². The van der Waals surface area contributed by atoms with Crippen LogP contribution in [0.1, 0.15) is 501 Å². The third-order valence-electron chi connectivity index (χ3n) is 17.6. The Kier molecular flexibility index (Phi) is 175. The molecule has 88 heavy (non-hydrogen) atoms. The number of hydrogen-bond acceptors (Lipinski definition) is 0. The maximum atomic E-state index is 2.31. The lowest BCUT2D eigenvalue weighted by atomic mass is 9.84. The molecule has 0 saturated carbocycles. The van der Waals surface area contributed by atoms with Gasteiger partial charge in [0.25, 0.3) is 0 Å². The first-order chi connectivity index (χ1) is 34.8. The van der Waals surface area contributed by atoms with Crippen LogP contribution in [0.5, 0.6) is 0 Å². The van der Waals surface area contributed by atoms with Gasteiger partial charge in [-0.15, -0.1) is 0 Å². The van der Waals surface area contributed by atoms with Crippen molar-refractivity contribution in [2.45, 2.75) is 501 Å². The molecule has 0 fully saturated rings. The number of hydrogen-bond donors (Lipinski definition) is 0. The van der Waals surface area contributed by atoms with Crippen molar-refractivity contribution < 1.29 is 0 Å². The van der Waals surface area contributed by atoms with Gasteiger partial charge in [0.15, 0.2) is 0 Å². The van der Waals surface area contributed by atoms with Crippen LogP contribution in [0.2, 0.25) is 0 Å². The van der Waals surface area contributed by atoms with Gasteiger partial charge in [-0.25, -0.2) is 0 Å². The van der Waals surface area contributed by atoms with Crippen molar-refractivity contribution >= 4 is 0 Å². The van der Waals surface area contributed by atoms with Gasteiger partial charge in [-0.3, -0.25) is 0 Å². The molecule has 0 aliphatic rings. The van der Waals surface area contributed by atoms with Crippen molar-refractivity contribution in [1.82, 2.24) is 0 Å². The van der Waals surface area contributed by atoms with E-state index in [0.717, 1.165) is 59.2 Å². The molecule has 0 amide bonds. The zero-order valence-corrected chi connectivity index (χ0v) is 64.4. The maximum Gasteiger partial charge on any atom is -0.0359 e. The van der Waals surface area contributed by atoms with Crippen LogP contribution in [0.4, 0.5) is 0 Å². The summed E-state index contributed by atoms with van der Waals surface area (Å²) in [5.74, 6) is 8.99. The minimum Gasteiger partial charge on any atom is -0.0776 e. The van der Waals surface area contributed by atoms with E-state index >= 15 is 0 Å². The fraction of sp³-hybridized carbons (Fsp3) is 1.00. The molecule has 0 heterocycles. The lowest BCUT2D eigenvalue weighted by Gasteiger charge is -2.22. The van der Waals surface area contributed by atoms with Crippen molar-refractivity contribution in [3.8, 4) is 0 Å². The van der Waals surface area contributed by atoms with Crippen LogP contribution < -0.4 is 0 Å². The second-order valence-electron chi connectivity index (χ2n) is 30.5. The van der Waals surface area contributed by atoms with Gasteiger partial charge in [-0.1, -0.05) is 488 Å². The van der Waals surface area contributed by atoms with Gasteiger partial charge in [0, 0.05) is 0 Å². The van der Waals surface area contributed by atoms with Gasteiger partial charge in [0.1, 0.15) is 0 Å². The summed E-state index contributed by atoms with van der Waals surface area (Å²) in [6.07, 6.45) is 26.7. The lowest BCUT2D eigenvalue weighted by molar-refractivity contribution is 0.283. The Labute approximate surface area is 584 Å². The molecule has 0 aromatic carbocycles. The van der Waals surface area contributed by atoms with E-state index in [1.165, 1.54) is 128 Å². The molecule has 0 aliphatic heterocycles. The molecule has 0 aliphatic carbocycles. The molecule has 0 saturated heterocycles. The molecule has 0 radical (unpaired) electrons. The Balaban J connectivity index is -0.0000000269. The van der Waals surface area contributed by atoms with E-state index in [-0.39, 0.29) is 81.7 Å². The maximum absolute atomic E-state index is 2.31. The van der Waals surface area contributed by atoms with Crippen molar-refractivity contribution in [3.63, 3.8) is 0 Å². The summed E-state index contributed by atoms with van der Waals surface area (Å²) in [5, 5.41) is 0. The fourth-order valence-electron chi connectivity index (χ4n) is 5.67. The molecule has 0 N–H and O–H groups in total.